The fourth-order valence-electron chi connectivity index (χ4n) is 2.82. The van der Waals surface area contributed by atoms with Gasteiger partial charge in [0.25, 0.3) is 5.56 Å². The summed E-state index contributed by atoms with van der Waals surface area (Å²) >= 11 is 0. The number of fused-ring (bicyclic) bond motifs is 1. The summed E-state index contributed by atoms with van der Waals surface area (Å²) in [6.07, 6.45) is 3.19. The molecule has 24 heavy (non-hydrogen) atoms. The molecule has 0 amide bonds. The van der Waals surface area contributed by atoms with Crippen LogP contribution in [0.1, 0.15) is 11.1 Å². The number of para-hydroxylation sites is 1. The summed E-state index contributed by atoms with van der Waals surface area (Å²) in [6, 6.07) is 17.8. The van der Waals surface area contributed by atoms with Gasteiger partial charge in [-0.2, -0.15) is 5.10 Å². The third kappa shape index (κ3) is 2.40. The molecule has 0 fully saturated rings. The number of hydrogen-bond donors (Lipinski definition) is 0. The third-order valence-corrected chi connectivity index (χ3v) is 4.09. The lowest BCUT2D eigenvalue weighted by Crippen LogP contribution is -2.21. The molecule has 0 bridgehead atoms. The van der Waals surface area contributed by atoms with E-state index in [4.69, 9.17) is 0 Å². The molecule has 0 aliphatic heterocycles. The highest BCUT2D eigenvalue weighted by atomic mass is 16.1. The monoisotopic (exact) mass is 316 g/mol. The van der Waals surface area contributed by atoms with E-state index in [1.54, 1.807) is 21.8 Å². The van der Waals surface area contributed by atoms with Gasteiger partial charge in [-0.05, 0) is 24.1 Å². The summed E-state index contributed by atoms with van der Waals surface area (Å²) < 4.78 is 3.33. The summed E-state index contributed by atoms with van der Waals surface area (Å²) in [4.78, 5) is 17.2. The highest BCUT2D eigenvalue weighted by molar-refractivity contribution is 5.75. The largest absolute Gasteiger partial charge is 0.294 e. The van der Waals surface area contributed by atoms with Crippen molar-refractivity contribution >= 4 is 11.0 Å². The molecule has 0 atom stereocenters. The van der Waals surface area contributed by atoms with Gasteiger partial charge in [0, 0.05) is 0 Å². The van der Waals surface area contributed by atoms with Gasteiger partial charge in [0.1, 0.15) is 11.7 Å². The Labute approximate surface area is 138 Å². The molecule has 0 unspecified atom stereocenters. The molecule has 0 saturated carbocycles. The standard InChI is InChI=1S/C19H16N4O/c1-14-7-5-6-10-17(14)23-18-16(11-21-23)19(24)22(13-20-18)12-15-8-3-2-4-9-15/h2-11,13H,12H2,1H3. The Kier molecular flexibility index (Phi) is 3.46. The van der Waals surface area contributed by atoms with Crippen molar-refractivity contribution in [1.82, 2.24) is 19.3 Å². The molecule has 0 spiro atoms. The topological polar surface area (TPSA) is 52.7 Å². The smallest absolute Gasteiger partial charge is 0.264 e. The Hall–Kier alpha value is -3.21. The van der Waals surface area contributed by atoms with Crippen LogP contribution in [0, 0.1) is 6.92 Å². The van der Waals surface area contributed by atoms with E-state index < -0.39 is 0 Å². The fraction of sp³-hybridized carbons (Fsp3) is 0.105. The highest BCUT2D eigenvalue weighted by Gasteiger charge is 2.12. The highest BCUT2D eigenvalue weighted by Crippen LogP contribution is 2.17. The Morgan fingerprint density at radius 2 is 1.75 bits per heavy atom. The van der Waals surface area contributed by atoms with Crippen molar-refractivity contribution in [3.63, 3.8) is 0 Å². The molecule has 2 heterocycles. The first-order chi connectivity index (χ1) is 11.7. The van der Waals surface area contributed by atoms with Crippen molar-refractivity contribution < 1.29 is 0 Å². The number of nitrogens with zero attached hydrogens (tertiary/aromatic N) is 4. The Morgan fingerprint density at radius 3 is 2.54 bits per heavy atom. The number of rotatable bonds is 3. The molecule has 0 saturated heterocycles. The average molecular weight is 316 g/mol. The predicted molar refractivity (Wildman–Crippen MR) is 93.4 cm³/mol. The second kappa shape index (κ2) is 5.77. The summed E-state index contributed by atoms with van der Waals surface area (Å²) in [5.74, 6) is 0. The Balaban J connectivity index is 1.82. The van der Waals surface area contributed by atoms with Crippen LogP contribution in [0.15, 0.2) is 71.9 Å². The van der Waals surface area contributed by atoms with Gasteiger partial charge in [-0.25, -0.2) is 9.67 Å². The van der Waals surface area contributed by atoms with E-state index in [0.717, 1.165) is 16.8 Å². The van der Waals surface area contributed by atoms with Crippen LogP contribution in [-0.2, 0) is 6.54 Å². The van der Waals surface area contributed by atoms with Crippen LogP contribution in [0.25, 0.3) is 16.7 Å². The molecule has 0 aliphatic carbocycles. The van der Waals surface area contributed by atoms with Crippen molar-refractivity contribution in [3.05, 3.63) is 88.6 Å². The van der Waals surface area contributed by atoms with Crippen LogP contribution in [0.2, 0.25) is 0 Å². The first-order valence-corrected chi connectivity index (χ1v) is 7.77. The third-order valence-electron chi connectivity index (χ3n) is 4.09. The van der Waals surface area contributed by atoms with E-state index in [9.17, 15) is 4.79 Å². The van der Waals surface area contributed by atoms with Crippen LogP contribution in [0.4, 0.5) is 0 Å². The lowest BCUT2D eigenvalue weighted by Gasteiger charge is -2.08. The van der Waals surface area contributed by atoms with E-state index in [1.165, 1.54) is 0 Å². The minimum Gasteiger partial charge on any atom is -0.294 e. The van der Waals surface area contributed by atoms with Gasteiger partial charge in [-0.15, -0.1) is 0 Å². The predicted octanol–water partition coefficient (Wildman–Crippen LogP) is 2.94. The first-order valence-electron chi connectivity index (χ1n) is 7.77. The van der Waals surface area contributed by atoms with Crippen LogP contribution >= 0.6 is 0 Å². The summed E-state index contributed by atoms with van der Waals surface area (Å²) in [5, 5.41) is 4.90. The zero-order valence-corrected chi connectivity index (χ0v) is 13.3. The van der Waals surface area contributed by atoms with Gasteiger partial charge >= 0.3 is 0 Å². The molecule has 2 aromatic carbocycles. The quantitative estimate of drug-likeness (QED) is 0.584. The maximum absolute atomic E-state index is 12.7. The summed E-state index contributed by atoms with van der Waals surface area (Å²) in [5.41, 5.74) is 3.58. The molecule has 0 N–H and O–H groups in total. The second-order valence-electron chi connectivity index (χ2n) is 5.74. The van der Waals surface area contributed by atoms with Crippen molar-refractivity contribution in [2.45, 2.75) is 13.5 Å². The van der Waals surface area contributed by atoms with E-state index in [1.807, 2.05) is 61.5 Å². The average Bonchev–Trinajstić information content (AvgIpc) is 3.03. The minimum atomic E-state index is -0.0799. The van der Waals surface area contributed by atoms with Gasteiger partial charge in [0.15, 0.2) is 5.65 Å². The Bertz CT molecular complexity index is 1060. The number of aromatic nitrogens is 4. The van der Waals surface area contributed by atoms with Crippen LogP contribution in [-0.4, -0.2) is 19.3 Å². The van der Waals surface area contributed by atoms with Crippen LogP contribution < -0.4 is 5.56 Å². The normalized spacial score (nSPS) is 11.0. The minimum absolute atomic E-state index is 0.0799. The molecular weight excluding hydrogens is 300 g/mol. The Morgan fingerprint density at radius 1 is 1.00 bits per heavy atom. The van der Waals surface area contributed by atoms with E-state index >= 15 is 0 Å². The van der Waals surface area contributed by atoms with Crippen LogP contribution in [0.3, 0.4) is 0 Å². The zero-order valence-electron chi connectivity index (χ0n) is 13.3. The van der Waals surface area contributed by atoms with Crippen molar-refractivity contribution in [2.75, 3.05) is 0 Å². The van der Waals surface area contributed by atoms with Gasteiger partial charge in [-0.1, -0.05) is 48.5 Å². The summed E-state index contributed by atoms with van der Waals surface area (Å²) in [6.45, 7) is 2.51. The maximum Gasteiger partial charge on any atom is 0.264 e. The van der Waals surface area contributed by atoms with Gasteiger partial charge in [0.2, 0.25) is 0 Å². The fourth-order valence-corrected chi connectivity index (χ4v) is 2.82. The SMILES string of the molecule is Cc1ccccc1-n1ncc2c(=O)n(Cc3ccccc3)cnc21. The molecular formula is C19H16N4O. The van der Waals surface area contributed by atoms with Crippen molar-refractivity contribution in [3.8, 4) is 5.69 Å². The van der Waals surface area contributed by atoms with Crippen molar-refractivity contribution in [2.24, 2.45) is 0 Å². The van der Waals surface area contributed by atoms with Crippen LogP contribution in [0.5, 0.6) is 0 Å². The van der Waals surface area contributed by atoms with E-state index in [2.05, 4.69) is 10.1 Å². The van der Waals surface area contributed by atoms with E-state index in [-0.39, 0.29) is 5.56 Å². The first kappa shape index (κ1) is 14.4. The van der Waals surface area contributed by atoms with E-state index in [0.29, 0.717) is 17.6 Å². The van der Waals surface area contributed by atoms with Gasteiger partial charge < -0.3 is 0 Å². The lowest BCUT2D eigenvalue weighted by molar-refractivity contribution is 0.745. The molecule has 4 rings (SSSR count). The molecule has 0 aliphatic rings. The lowest BCUT2D eigenvalue weighted by atomic mass is 10.2. The molecule has 5 nitrogen and oxygen atoms in total. The molecule has 0 radical (unpaired) electrons. The molecule has 2 aromatic heterocycles. The van der Waals surface area contributed by atoms with Gasteiger partial charge in [-0.3, -0.25) is 9.36 Å². The molecule has 118 valence electrons. The number of aryl methyl sites for hydroxylation is 1. The van der Waals surface area contributed by atoms with Gasteiger partial charge in [0.05, 0.1) is 18.4 Å². The zero-order chi connectivity index (χ0) is 16.5. The number of hydrogen-bond acceptors (Lipinski definition) is 3. The molecule has 4 aromatic rings. The number of benzene rings is 2. The summed E-state index contributed by atoms with van der Waals surface area (Å²) in [7, 11) is 0. The molecule has 5 heteroatoms. The van der Waals surface area contributed by atoms with Crippen molar-refractivity contribution in [1.29, 1.82) is 0 Å². The maximum atomic E-state index is 12.7. The second-order valence-corrected chi connectivity index (χ2v) is 5.74.